The molecule has 1 aromatic rings. The highest BCUT2D eigenvalue weighted by Gasteiger charge is 2.20. The van der Waals surface area contributed by atoms with Crippen LogP contribution in [0.15, 0.2) is 0 Å². The summed E-state index contributed by atoms with van der Waals surface area (Å²) >= 11 is 0. The second kappa shape index (κ2) is 6.19. The molecule has 0 aliphatic carbocycles. The third-order valence-electron chi connectivity index (χ3n) is 3.53. The van der Waals surface area contributed by atoms with Crippen molar-refractivity contribution in [2.45, 2.75) is 38.8 Å². The van der Waals surface area contributed by atoms with Crippen LogP contribution in [0.5, 0.6) is 0 Å². The topological polar surface area (TPSA) is 80.1 Å². The summed E-state index contributed by atoms with van der Waals surface area (Å²) in [5.41, 5.74) is 0. The first-order chi connectivity index (χ1) is 9.38. The zero-order chi connectivity index (χ0) is 14.8. The van der Waals surface area contributed by atoms with E-state index in [9.17, 15) is 8.42 Å². The minimum atomic E-state index is -3.08. The van der Waals surface area contributed by atoms with Crippen LogP contribution in [0.3, 0.4) is 0 Å². The van der Waals surface area contributed by atoms with Gasteiger partial charge in [0.1, 0.15) is 11.6 Å². The standard InChI is InChI=1S/C12H23N5O2S/c1-10-14-12-6-5-11(9-17(12)15-10)13-7-4-8-20(18,19)16(2)3/h11,13H,4-9H2,1-3H3. The summed E-state index contributed by atoms with van der Waals surface area (Å²) in [5, 5.41) is 7.77. The number of sulfonamides is 1. The smallest absolute Gasteiger partial charge is 0.213 e. The van der Waals surface area contributed by atoms with Gasteiger partial charge in [0.15, 0.2) is 0 Å². The van der Waals surface area contributed by atoms with Crippen LogP contribution in [0.2, 0.25) is 0 Å². The number of hydrogen-bond acceptors (Lipinski definition) is 5. The summed E-state index contributed by atoms with van der Waals surface area (Å²) in [6.07, 6.45) is 2.58. The lowest BCUT2D eigenvalue weighted by atomic mass is 10.1. The van der Waals surface area contributed by atoms with Crippen LogP contribution in [0.1, 0.15) is 24.5 Å². The Hall–Kier alpha value is -0.990. The maximum Gasteiger partial charge on any atom is 0.213 e. The second-order valence-electron chi connectivity index (χ2n) is 5.40. The van der Waals surface area contributed by atoms with Gasteiger partial charge in [-0.1, -0.05) is 0 Å². The molecule has 2 heterocycles. The Morgan fingerprint density at radius 1 is 1.45 bits per heavy atom. The molecule has 1 N–H and O–H groups in total. The Labute approximate surface area is 120 Å². The van der Waals surface area contributed by atoms with Gasteiger partial charge in [-0.15, -0.1) is 0 Å². The lowest BCUT2D eigenvalue weighted by molar-refractivity contribution is 0.359. The molecule has 1 aromatic heterocycles. The number of rotatable bonds is 6. The van der Waals surface area contributed by atoms with Crippen LogP contribution >= 0.6 is 0 Å². The average Bonchev–Trinajstić information content (AvgIpc) is 2.73. The molecule has 0 bridgehead atoms. The van der Waals surface area contributed by atoms with Crippen molar-refractivity contribution in [3.8, 4) is 0 Å². The molecule has 0 radical (unpaired) electrons. The van der Waals surface area contributed by atoms with E-state index in [1.807, 2.05) is 11.6 Å². The Kier molecular flexibility index (Phi) is 4.77. The first-order valence-corrected chi connectivity index (χ1v) is 8.53. The van der Waals surface area contributed by atoms with Crippen molar-refractivity contribution >= 4 is 10.0 Å². The van der Waals surface area contributed by atoms with E-state index in [-0.39, 0.29) is 5.75 Å². The molecule has 114 valence electrons. The summed E-state index contributed by atoms with van der Waals surface area (Å²) in [6, 6.07) is 0.352. The van der Waals surface area contributed by atoms with E-state index in [1.54, 1.807) is 14.1 Å². The van der Waals surface area contributed by atoms with Crippen LogP contribution in [0, 0.1) is 6.92 Å². The molecule has 8 heteroatoms. The van der Waals surface area contributed by atoms with Gasteiger partial charge >= 0.3 is 0 Å². The van der Waals surface area contributed by atoms with Crippen molar-refractivity contribution < 1.29 is 8.42 Å². The summed E-state index contributed by atoms with van der Waals surface area (Å²) in [6.45, 7) is 3.43. The maximum atomic E-state index is 11.6. The van der Waals surface area contributed by atoms with Gasteiger partial charge in [-0.05, 0) is 26.3 Å². The summed E-state index contributed by atoms with van der Waals surface area (Å²) in [5.74, 6) is 2.06. The Bertz CT molecular complexity index is 552. The van der Waals surface area contributed by atoms with Gasteiger partial charge in [0.05, 0.1) is 12.3 Å². The average molecular weight is 301 g/mol. The fourth-order valence-electron chi connectivity index (χ4n) is 2.34. The highest BCUT2D eigenvalue weighted by atomic mass is 32.2. The zero-order valence-electron chi connectivity index (χ0n) is 12.3. The molecule has 1 aliphatic rings. The van der Waals surface area contributed by atoms with Crippen molar-refractivity contribution in [1.29, 1.82) is 0 Å². The number of fused-ring (bicyclic) bond motifs is 1. The SMILES string of the molecule is Cc1nc2n(n1)CC(NCCCS(=O)(=O)N(C)C)CC2. The number of nitrogens with one attached hydrogen (secondary N) is 1. The monoisotopic (exact) mass is 301 g/mol. The Balaban J connectivity index is 1.74. The molecule has 1 atom stereocenters. The van der Waals surface area contributed by atoms with Crippen molar-refractivity contribution in [3.05, 3.63) is 11.6 Å². The van der Waals surface area contributed by atoms with Crippen molar-refractivity contribution in [1.82, 2.24) is 24.4 Å². The van der Waals surface area contributed by atoms with Gasteiger partial charge in [0.25, 0.3) is 0 Å². The van der Waals surface area contributed by atoms with Crippen molar-refractivity contribution in [3.63, 3.8) is 0 Å². The van der Waals surface area contributed by atoms with Crippen LogP contribution < -0.4 is 5.32 Å². The van der Waals surface area contributed by atoms with Crippen LogP contribution in [0.4, 0.5) is 0 Å². The predicted molar refractivity (Wildman–Crippen MR) is 77.0 cm³/mol. The minimum absolute atomic E-state index is 0.188. The van der Waals surface area contributed by atoms with Crippen LogP contribution in [0.25, 0.3) is 0 Å². The quantitative estimate of drug-likeness (QED) is 0.734. The van der Waals surface area contributed by atoms with E-state index in [4.69, 9.17) is 0 Å². The van der Waals surface area contributed by atoms with Crippen LogP contribution in [-0.4, -0.2) is 59.9 Å². The first kappa shape index (κ1) is 15.4. The van der Waals surface area contributed by atoms with Gasteiger partial charge in [0.2, 0.25) is 10.0 Å². The van der Waals surface area contributed by atoms with Crippen molar-refractivity contribution in [2.24, 2.45) is 0 Å². The molecule has 0 fully saturated rings. The third-order valence-corrected chi connectivity index (χ3v) is 5.45. The van der Waals surface area contributed by atoms with Gasteiger partial charge in [-0.25, -0.2) is 22.4 Å². The molecule has 7 nitrogen and oxygen atoms in total. The minimum Gasteiger partial charge on any atom is -0.312 e. The van der Waals surface area contributed by atoms with E-state index in [1.165, 1.54) is 4.31 Å². The van der Waals surface area contributed by atoms with Crippen molar-refractivity contribution in [2.75, 3.05) is 26.4 Å². The number of hydrogen-bond donors (Lipinski definition) is 1. The molecule has 0 saturated heterocycles. The van der Waals surface area contributed by atoms with E-state index >= 15 is 0 Å². The molecule has 0 spiro atoms. The molecular weight excluding hydrogens is 278 g/mol. The highest BCUT2D eigenvalue weighted by molar-refractivity contribution is 7.89. The highest BCUT2D eigenvalue weighted by Crippen LogP contribution is 2.12. The Morgan fingerprint density at radius 3 is 2.90 bits per heavy atom. The largest absolute Gasteiger partial charge is 0.312 e. The van der Waals surface area contributed by atoms with Gasteiger partial charge in [-0.2, -0.15) is 5.10 Å². The number of aryl methyl sites for hydroxylation is 2. The molecule has 0 aromatic carbocycles. The molecule has 1 unspecified atom stereocenters. The molecular formula is C12H23N5O2S. The van der Waals surface area contributed by atoms with Gasteiger partial charge in [-0.3, -0.25) is 0 Å². The fraction of sp³-hybridized carbons (Fsp3) is 0.833. The predicted octanol–water partition coefficient (Wildman–Crippen LogP) is -0.228. The number of nitrogens with zero attached hydrogens (tertiary/aromatic N) is 4. The molecule has 1 aliphatic heterocycles. The lowest BCUT2D eigenvalue weighted by Gasteiger charge is -2.23. The zero-order valence-corrected chi connectivity index (χ0v) is 13.2. The number of aromatic nitrogens is 3. The van der Waals surface area contributed by atoms with E-state index in [0.717, 1.165) is 31.0 Å². The van der Waals surface area contributed by atoms with Gasteiger partial charge in [0, 0.05) is 26.6 Å². The van der Waals surface area contributed by atoms with E-state index < -0.39 is 10.0 Å². The van der Waals surface area contributed by atoms with E-state index in [0.29, 0.717) is 19.0 Å². The third kappa shape index (κ3) is 3.77. The van der Waals surface area contributed by atoms with E-state index in [2.05, 4.69) is 15.4 Å². The molecule has 20 heavy (non-hydrogen) atoms. The lowest BCUT2D eigenvalue weighted by Crippen LogP contribution is -2.39. The van der Waals surface area contributed by atoms with Crippen LogP contribution in [-0.2, 0) is 23.0 Å². The molecule has 0 saturated carbocycles. The maximum absolute atomic E-state index is 11.6. The first-order valence-electron chi connectivity index (χ1n) is 6.92. The summed E-state index contributed by atoms with van der Waals surface area (Å²) < 4.78 is 26.5. The van der Waals surface area contributed by atoms with Gasteiger partial charge < -0.3 is 5.32 Å². The normalized spacial score (nSPS) is 19.3. The fourth-order valence-corrected chi connectivity index (χ4v) is 3.22. The summed E-state index contributed by atoms with van der Waals surface area (Å²) in [7, 11) is 0.0552. The Morgan fingerprint density at radius 2 is 2.20 bits per heavy atom. The molecule has 2 rings (SSSR count). The molecule has 0 amide bonds. The summed E-state index contributed by atoms with van der Waals surface area (Å²) in [4.78, 5) is 4.37. The second-order valence-corrected chi connectivity index (χ2v) is 7.70.